The largest absolute Gasteiger partial charge is 0.387 e. The lowest BCUT2D eigenvalue weighted by atomic mass is 9.98. The van der Waals surface area contributed by atoms with Crippen molar-refractivity contribution >= 4 is 11.4 Å². The molecule has 0 aromatic carbocycles. The molecule has 2 N–H and O–H groups in total. The van der Waals surface area contributed by atoms with E-state index >= 15 is 0 Å². The van der Waals surface area contributed by atoms with Crippen molar-refractivity contribution in [1.29, 1.82) is 0 Å². The van der Waals surface area contributed by atoms with Gasteiger partial charge in [0.25, 0.3) is 0 Å². The fourth-order valence-electron chi connectivity index (χ4n) is 2.68. The van der Waals surface area contributed by atoms with Crippen LogP contribution in [-0.4, -0.2) is 18.6 Å². The Morgan fingerprint density at radius 3 is 2.41 bits per heavy atom. The minimum Gasteiger partial charge on any atom is -0.387 e. The second-order valence-electron chi connectivity index (χ2n) is 5.43. The molecule has 3 heteroatoms. The average molecular weight is 231 g/mol. The van der Waals surface area contributed by atoms with Crippen molar-refractivity contribution in [2.75, 3.05) is 24.2 Å². The average Bonchev–Trinajstić information content (AvgIpc) is 3.22. The van der Waals surface area contributed by atoms with Crippen molar-refractivity contribution in [1.82, 2.24) is 4.98 Å². The van der Waals surface area contributed by atoms with Crippen LogP contribution in [-0.2, 0) is 0 Å². The molecule has 0 amide bonds. The van der Waals surface area contributed by atoms with E-state index in [-0.39, 0.29) is 0 Å². The lowest BCUT2D eigenvalue weighted by Gasteiger charge is -2.17. The summed E-state index contributed by atoms with van der Waals surface area (Å²) in [5.41, 5.74) is 2.22. The summed E-state index contributed by atoms with van der Waals surface area (Å²) in [6.07, 6.45) is 9.59. The number of aromatic nitrogens is 1. The zero-order chi connectivity index (χ0) is 11.7. The van der Waals surface area contributed by atoms with Crippen LogP contribution < -0.4 is 10.6 Å². The van der Waals surface area contributed by atoms with Crippen LogP contribution in [0.1, 0.15) is 25.7 Å². The number of nitrogens with zero attached hydrogens (tertiary/aromatic N) is 1. The number of nitrogens with one attached hydrogen (secondary N) is 2. The molecule has 0 unspecified atom stereocenters. The fourth-order valence-corrected chi connectivity index (χ4v) is 2.68. The van der Waals surface area contributed by atoms with E-state index in [0.29, 0.717) is 0 Å². The monoisotopic (exact) mass is 231 g/mol. The molecule has 0 spiro atoms. The molecule has 0 saturated heterocycles. The van der Waals surface area contributed by atoms with E-state index in [4.69, 9.17) is 0 Å². The van der Waals surface area contributed by atoms with Gasteiger partial charge in [-0.1, -0.05) is 0 Å². The van der Waals surface area contributed by atoms with Crippen molar-refractivity contribution in [3.63, 3.8) is 0 Å². The molecule has 0 atom stereocenters. The second kappa shape index (κ2) is 4.55. The molecule has 2 fully saturated rings. The third-order valence-electron chi connectivity index (χ3n) is 4.02. The topological polar surface area (TPSA) is 37.0 Å². The van der Waals surface area contributed by atoms with Gasteiger partial charge in [0.1, 0.15) is 0 Å². The summed E-state index contributed by atoms with van der Waals surface area (Å²) in [7, 11) is 1.93. The lowest BCUT2D eigenvalue weighted by Crippen LogP contribution is -2.18. The summed E-state index contributed by atoms with van der Waals surface area (Å²) in [6, 6.07) is 2.13. The van der Waals surface area contributed by atoms with Gasteiger partial charge in [0, 0.05) is 13.6 Å². The van der Waals surface area contributed by atoms with Gasteiger partial charge in [-0.3, -0.25) is 4.98 Å². The molecule has 3 nitrogen and oxygen atoms in total. The number of rotatable bonds is 6. The van der Waals surface area contributed by atoms with Gasteiger partial charge in [-0.05, 0) is 49.5 Å². The minimum absolute atomic E-state index is 0.910. The van der Waals surface area contributed by atoms with Gasteiger partial charge in [0.2, 0.25) is 0 Å². The molecule has 17 heavy (non-hydrogen) atoms. The first-order valence-corrected chi connectivity index (χ1v) is 6.73. The highest BCUT2D eigenvalue weighted by molar-refractivity contribution is 5.53. The van der Waals surface area contributed by atoms with Crippen molar-refractivity contribution in [3.8, 4) is 0 Å². The van der Waals surface area contributed by atoms with Gasteiger partial charge in [0.05, 0.1) is 23.8 Å². The van der Waals surface area contributed by atoms with E-state index in [9.17, 15) is 0 Å². The van der Waals surface area contributed by atoms with Crippen molar-refractivity contribution in [2.24, 2.45) is 17.8 Å². The highest BCUT2D eigenvalue weighted by Gasteiger charge is 2.40. The smallest absolute Gasteiger partial charge is 0.0547 e. The van der Waals surface area contributed by atoms with Crippen molar-refractivity contribution < 1.29 is 0 Å². The van der Waals surface area contributed by atoms with Gasteiger partial charge >= 0.3 is 0 Å². The Hall–Kier alpha value is -1.25. The molecular weight excluding hydrogens is 210 g/mol. The molecule has 0 aliphatic heterocycles. The standard InChI is InChI=1S/C14H21N3/c1-15-12-6-13(8-16-7-12)17-9-14(10-2-3-10)11-4-5-11/h6-8,10-11,14-15,17H,2-5,9H2,1H3. The summed E-state index contributed by atoms with van der Waals surface area (Å²) in [5.74, 6) is 2.93. The number of anilines is 2. The van der Waals surface area contributed by atoms with E-state index in [0.717, 1.165) is 35.7 Å². The third-order valence-corrected chi connectivity index (χ3v) is 4.02. The predicted octanol–water partition coefficient (Wildman–Crippen LogP) is 2.97. The normalized spacial score (nSPS) is 19.4. The molecule has 1 heterocycles. The lowest BCUT2D eigenvalue weighted by molar-refractivity contribution is 0.428. The maximum atomic E-state index is 4.23. The molecular formula is C14H21N3. The quantitative estimate of drug-likeness (QED) is 0.790. The maximum Gasteiger partial charge on any atom is 0.0547 e. The minimum atomic E-state index is 0.910. The molecule has 2 aliphatic carbocycles. The van der Waals surface area contributed by atoms with Crippen LogP contribution in [0.4, 0.5) is 11.4 Å². The Morgan fingerprint density at radius 1 is 1.18 bits per heavy atom. The number of hydrogen-bond acceptors (Lipinski definition) is 3. The van der Waals surface area contributed by atoms with Gasteiger partial charge < -0.3 is 10.6 Å². The Kier molecular flexibility index (Phi) is 2.91. The van der Waals surface area contributed by atoms with Gasteiger partial charge in [-0.15, -0.1) is 0 Å². The molecule has 1 aromatic rings. The SMILES string of the molecule is CNc1cncc(NCC(C2CC2)C2CC2)c1. The molecule has 92 valence electrons. The Bertz CT molecular complexity index is 371. The number of pyridine rings is 1. The van der Waals surface area contributed by atoms with Crippen LogP contribution >= 0.6 is 0 Å². The summed E-state index contributed by atoms with van der Waals surface area (Å²) >= 11 is 0. The summed E-state index contributed by atoms with van der Waals surface area (Å²) in [5, 5.41) is 6.68. The van der Waals surface area contributed by atoms with Crippen LogP contribution in [0.2, 0.25) is 0 Å². The van der Waals surface area contributed by atoms with Crippen LogP contribution in [0, 0.1) is 17.8 Å². The van der Waals surface area contributed by atoms with Crippen LogP contribution in [0.25, 0.3) is 0 Å². The summed E-state index contributed by atoms with van der Waals surface area (Å²) in [6.45, 7) is 1.13. The zero-order valence-electron chi connectivity index (χ0n) is 10.4. The highest BCUT2D eigenvalue weighted by Crippen LogP contribution is 2.49. The molecule has 2 saturated carbocycles. The second-order valence-corrected chi connectivity index (χ2v) is 5.43. The predicted molar refractivity (Wildman–Crippen MR) is 71.2 cm³/mol. The highest BCUT2D eigenvalue weighted by atomic mass is 14.9. The first-order chi connectivity index (χ1) is 8.36. The van der Waals surface area contributed by atoms with Gasteiger partial charge in [-0.2, -0.15) is 0 Å². The number of hydrogen-bond donors (Lipinski definition) is 2. The molecule has 0 bridgehead atoms. The van der Waals surface area contributed by atoms with Crippen LogP contribution in [0.5, 0.6) is 0 Å². The summed E-state index contributed by atoms with van der Waals surface area (Å²) in [4.78, 5) is 4.23. The van der Waals surface area contributed by atoms with Gasteiger partial charge in [0.15, 0.2) is 0 Å². The fraction of sp³-hybridized carbons (Fsp3) is 0.643. The Morgan fingerprint density at radius 2 is 1.82 bits per heavy atom. The zero-order valence-corrected chi connectivity index (χ0v) is 10.4. The van der Waals surface area contributed by atoms with Crippen LogP contribution in [0.3, 0.4) is 0 Å². The van der Waals surface area contributed by atoms with Crippen molar-refractivity contribution in [3.05, 3.63) is 18.5 Å². The van der Waals surface area contributed by atoms with Crippen LogP contribution in [0.15, 0.2) is 18.5 Å². The van der Waals surface area contributed by atoms with E-state index in [2.05, 4.69) is 21.7 Å². The van der Waals surface area contributed by atoms with E-state index in [1.54, 1.807) is 0 Å². The first-order valence-electron chi connectivity index (χ1n) is 6.73. The summed E-state index contributed by atoms with van der Waals surface area (Å²) < 4.78 is 0. The van der Waals surface area contributed by atoms with E-state index < -0.39 is 0 Å². The van der Waals surface area contributed by atoms with Gasteiger partial charge in [-0.25, -0.2) is 0 Å². The third kappa shape index (κ3) is 2.71. The molecule has 1 aromatic heterocycles. The maximum absolute atomic E-state index is 4.23. The van der Waals surface area contributed by atoms with E-state index in [1.807, 2.05) is 19.4 Å². The molecule has 2 aliphatic rings. The Balaban J connectivity index is 1.58. The van der Waals surface area contributed by atoms with Crippen molar-refractivity contribution in [2.45, 2.75) is 25.7 Å². The molecule has 3 rings (SSSR count). The molecule has 0 radical (unpaired) electrons. The Labute approximate surface area is 103 Å². The van der Waals surface area contributed by atoms with E-state index in [1.165, 1.54) is 25.7 Å². The first kappa shape index (κ1) is 10.9.